The molecule has 2 rings (SSSR count). The van der Waals surface area contributed by atoms with Gasteiger partial charge in [-0.3, -0.25) is 13.8 Å². The van der Waals surface area contributed by atoms with Crippen molar-refractivity contribution in [2.45, 2.75) is 30.4 Å². The maximum Gasteiger partial charge on any atom is 0.255 e. The molecule has 0 aliphatic rings. The molecule has 2 amide bonds. The Kier molecular flexibility index (Phi) is 5.87. The van der Waals surface area contributed by atoms with Crippen LogP contribution in [0.5, 0.6) is 0 Å². The van der Waals surface area contributed by atoms with Gasteiger partial charge in [-0.2, -0.15) is 0 Å². The lowest BCUT2D eigenvalue weighted by Gasteiger charge is -2.08. The first-order valence-corrected chi connectivity index (χ1v) is 8.77. The van der Waals surface area contributed by atoms with Crippen LogP contribution in [0.2, 0.25) is 0 Å². The summed E-state index contributed by atoms with van der Waals surface area (Å²) in [7, 11) is -1.07. The number of nitrogens with two attached hydrogens (primary N) is 1. The molecule has 0 heterocycles. The lowest BCUT2D eigenvalue weighted by atomic mass is 10.1. The van der Waals surface area contributed by atoms with E-state index < -0.39 is 16.7 Å². The average molecular weight is 344 g/mol. The molecule has 0 radical (unpaired) electrons. The van der Waals surface area contributed by atoms with Crippen molar-refractivity contribution in [2.24, 2.45) is 5.73 Å². The number of carbonyl (C=O) groups is 2. The predicted molar refractivity (Wildman–Crippen MR) is 95.3 cm³/mol. The van der Waals surface area contributed by atoms with E-state index in [9.17, 15) is 13.8 Å². The Labute approximate surface area is 143 Å². The second-order valence-electron chi connectivity index (χ2n) is 5.66. The molecule has 0 aliphatic carbocycles. The van der Waals surface area contributed by atoms with Gasteiger partial charge in [-0.05, 0) is 42.0 Å². The third kappa shape index (κ3) is 4.76. The molecular formula is C18H20N2O3S. The Hall–Kier alpha value is -2.47. The van der Waals surface area contributed by atoms with Crippen molar-refractivity contribution in [1.82, 2.24) is 0 Å². The number of anilines is 1. The zero-order valence-electron chi connectivity index (χ0n) is 13.6. The van der Waals surface area contributed by atoms with Crippen LogP contribution in [0.25, 0.3) is 0 Å². The highest BCUT2D eigenvalue weighted by Gasteiger charge is 2.11. The van der Waals surface area contributed by atoms with Crippen LogP contribution >= 0.6 is 0 Å². The summed E-state index contributed by atoms with van der Waals surface area (Å²) in [5.74, 6) is -0.648. The van der Waals surface area contributed by atoms with Crippen LogP contribution < -0.4 is 11.1 Å². The zero-order chi connectivity index (χ0) is 17.7. The van der Waals surface area contributed by atoms with Crippen molar-refractivity contribution in [3.63, 3.8) is 0 Å². The van der Waals surface area contributed by atoms with E-state index in [1.165, 1.54) is 0 Å². The van der Waals surface area contributed by atoms with E-state index in [2.05, 4.69) is 5.32 Å². The minimum absolute atomic E-state index is 0.0311. The monoisotopic (exact) mass is 344 g/mol. The highest BCUT2D eigenvalue weighted by Crippen LogP contribution is 2.15. The first-order chi connectivity index (χ1) is 11.4. The molecule has 2 aromatic carbocycles. The number of nitrogens with one attached hydrogen (secondary N) is 1. The fourth-order valence-corrected chi connectivity index (χ4v) is 3.07. The summed E-state index contributed by atoms with van der Waals surface area (Å²) in [5, 5.41) is 2.81. The summed E-state index contributed by atoms with van der Waals surface area (Å²) < 4.78 is 12.0. The first kappa shape index (κ1) is 17.9. The van der Waals surface area contributed by atoms with Gasteiger partial charge in [-0.25, -0.2) is 0 Å². The Morgan fingerprint density at radius 1 is 1.04 bits per heavy atom. The number of primary amides is 1. The van der Waals surface area contributed by atoms with Crippen LogP contribution in [0.3, 0.4) is 0 Å². The second-order valence-corrected chi connectivity index (χ2v) is 7.67. The summed E-state index contributed by atoms with van der Waals surface area (Å²) in [4.78, 5) is 23.8. The lowest BCUT2D eigenvalue weighted by Crippen LogP contribution is -2.14. The van der Waals surface area contributed by atoms with E-state index in [1.54, 1.807) is 48.5 Å². The van der Waals surface area contributed by atoms with E-state index in [-0.39, 0.29) is 17.6 Å². The Morgan fingerprint density at radius 2 is 1.62 bits per heavy atom. The lowest BCUT2D eigenvalue weighted by molar-refractivity contribution is -0.117. The molecule has 2 aromatic rings. The van der Waals surface area contributed by atoms with Gasteiger partial charge in [0.25, 0.3) is 5.91 Å². The minimum atomic E-state index is -1.07. The van der Waals surface area contributed by atoms with Gasteiger partial charge in [0.05, 0.1) is 17.2 Å². The normalized spacial score (nSPS) is 12.0. The van der Waals surface area contributed by atoms with Crippen molar-refractivity contribution in [3.8, 4) is 0 Å². The van der Waals surface area contributed by atoms with Crippen molar-refractivity contribution in [3.05, 3.63) is 59.7 Å². The van der Waals surface area contributed by atoms with Gasteiger partial charge in [-0.15, -0.1) is 0 Å². The van der Waals surface area contributed by atoms with Gasteiger partial charge in [0.1, 0.15) is 0 Å². The van der Waals surface area contributed by atoms with E-state index in [4.69, 9.17) is 5.73 Å². The van der Waals surface area contributed by atoms with Crippen LogP contribution in [0.1, 0.15) is 29.8 Å². The van der Waals surface area contributed by atoms with Gasteiger partial charge in [-0.1, -0.05) is 26.0 Å². The maximum absolute atomic E-state index is 12.2. The topological polar surface area (TPSA) is 89.3 Å². The number of hydrogen-bond acceptors (Lipinski definition) is 3. The number of benzene rings is 2. The average Bonchev–Trinajstić information content (AvgIpc) is 2.55. The summed E-state index contributed by atoms with van der Waals surface area (Å²) in [6.45, 7) is 3.78. The quantitative estimate of drug-likeness (QED) is 0.843. The molecule has 0 aromatic heterocycles. The molecule has 6 heteroatoms. The molecule has 0 fully saturated rings. The molecule has 3 N–H and O–H groups in total. The summed E-state index contributed by atoms with van der Waals surface area (Å²) >= 11 is 0. The molecule has 0 bridgehead atoms. The molecule has 0 spiro atoms. The van der Waals surface area contributed by atoms with E-state index in [0.29, 0.717) is 16.1 Å². The number of amides is 2. The molecule has 0 unspecified atom stereocenters. The Morgan fingerprint density at radius 3 is 2.12 bits per heavy atom. The highest BCUT2D eigenvalue weighted by molar-refractivity contribution is 7.85. The van der Waals surface area contributed by atoms with Crippen molar-refractivity contribution >= 4 is 28.3 Å². The van der Waals surface area contributed by atoms with Gasteiger partial charge in [0.2, 0.25) is 5.91 Å². The van der Waals surface area contributed by atoms with E-state index in [1.807, 2.05) is 13.8 Å². The Bertz CT molecular complexity index is 753. The molecule has 5 nitrogen and oxygen atoms in total. The SMILES string of the molecule is CC(C)[S@@](=O)c1ccc(C(=O)Nc2ccc(CC(N)=O)cc2)cc1. The zero-order valence-corrected chi connectivity index (χ0v) is 14.4. The molecule has 0 aliphatic heterocycles. The van der Waals surface area contributed by atoms with E-state index >= 15 is 0 Å². The number of hydrogen-bond donors (Lipinski definition) is 2. The first-order valence-electron chi connectivity index (χ1n) is 7.56. The van der Waals surface area contributed by atoms with Crippen LogP contribution in [0.4, 0.5) is 5.69 Å². The third-order valence-electron chi connectivity index (χ3n) is 3.37. The van der Waals surface area contributed by atoms with Crippen molar-refractivity contribution in [1.29, 1.82) is 0 Å². The maximum atomic E-state index is 12.2. The summed E-state index contributed by atoms with van der Waals surface area (Å²) in [6, 6.07) is 13.7. The van der Waals surface area contributed by atoms with Gasteiger partial charge in [0.15, 0.2) is 0 Å². The molecule has 0 saturated heterocycles. The van der Waals surface area contributed by atoms with Crippen LogP contribution in [-0.4, -0.2) is 21.3 Å². The largest absolute Gasteiger partial charge is 0.369 e. The third-order valence-corrected chi connectivity index (χ3v) is 4.96. The van der Waals surface area contributed by atoms with Crippen molar-refractivity contribution in [2.75, 3.05) is 5.32 Å². The Balaban J connectivity index is 2.04. The van der Waals surface area contributed by atoms with Gasteiger partial charge in [0, 0.05) is 21.4 Å². The summed E-state index contributed by atoms with van der Waals surface area (Å²) in [5.41, 5.74) is 7.05. The number of rotatable bonds is 6. The van der Waals surface area contributed by atoms with E-state index in [0.717, 1.165) is 5.56 Å². The predicted octanol–water partition coefficient (Wildman–Crippen LogP) is 2.48. The molecule has 1 atom stereocenters. The molecular weight excluding hydrogens is 324 g/mol. The second kappa shape index (κ2) is 7.88. The van der Waals surface area contributed by atoms with Gasteiger partial charge >= 0.3 is 0 Å². The fraction of sp³-hybridized carbons (Fsp3) is 0.222. The van der Waals surface area contributed by atoms with Crippen molar-refractivity contribution < 1.29 is 13.8 Å². The molecule has 24 heavy (non-hydrogen) atoms. The minimum Gasteiger partial charge on any atom is -0.369 e. The van der Waals surface area contributed by atoms with Gasteiger partial charge < -0.3 is 11.1 Å². The van der Waals surface area contributed by atoms with Crippen LogP contribution in [-0.2, 0) is 22.0 Å². The highest BCUT2D eigenvalue weighted by atomic mass is 32.2. The molecule has 126 valence electrons. The standard InChI is InChI=1S/C18H20N2O3S/c1-12(2)24(23)16-9-5-14(6-10-16)18(22)20-15-7-3-13(4-8-15)11-17(19)21/h3-10,12H,11H2,1-2H3,(H2,19,21)(H,20,22)/t24-/m1/s1. The summed E-state index contributed by atoms with van der Waals surface area (Å²) in [6.07, 6.45) is 0.169. The van der Waals surface area contributed by atoms with Crippen LogP contribution in [0, 0.1) is 0 Å². The fourth-order valence-electron chi connectivity index (χ4n) is 2.12. The smallest absolute Gasteiger partial charge is 0.255 e. The van der Waals surface area contributed by atoms with Crippen LogP contribution in [0.15, 0.2) is 53.4 Å². The molecule has 0 saturated carbocycles. The number of carbonyl (C=O) groups excluding carboxylic acids is 2.